The second-order valence-corrected chi connectivity index (χ2v) is 5.54. The van der Waals surface area contributed by atoms with Crippen LogP contribution >= 0.6 is 0 Å². The monoisotopic (exact) mass is 369 g/mol. The van der Waals surface area contributed by atoms with E-state index in [-0.39, 0.29) is 17.9 Å². The molecule has 9 heteroatoms. The second-order valence-electron chi connectivity index (χ2n) is 5.54. The van der Waals surface area contributed by atoms with E-state index in [4.69, 9.17) is 9.15 Å². The van der Waals surface area contributed by atoms with Crippen molar-refractivity contribution in [3.05, 3.63) is 64.6 Å². The maximum Gasteiger partial charge on any atom is 0.329 e. The van der Waals surface area contributed by atoms with Gasteiger partial charge < -0.3 is 14.5 Å². The minimum Gasteiger partial charge on any atom is -0.496 e. The summed E-state index contributed by atoms with van der Waals surface area (Å²) >= 11 is 0. The first kappa shape index (κ1) is 17.9. The molecular weight excluding hydrogens is 354 g/mol. The molecule has 9 nitrogen and oxygen atoms in total. The van der Waals surface area contributed by atoms with Gasteiger partial charge in [-0.15, -0.1) is 6.58 Å². The number of non-ortho nitro benzene ring substituents is 1. The third-order valence-corrected chi connectivity index (χ3v) is 3.85. The molecule has 2 heterocycles. The van der Waals surface area contributed by atoms with E-state index in [9.17, 15) is 19.7 Å². The van der Waals surface area contributed by atoms with Crippen molar-refractivity contribution < 1.29 is 23.7 Å². The van der Waals surface area contributed by atoms with Crippen LogP contribution < -0.4 is 10.1 Å². The zero-order valence-electron chi connectivity index (χ0n) is 14.3. The first-order valence-corrected chi connectivity index (χ1v) is 7.82. The number of rotatable bonds is 6. The lowest BCUT2D eigenvalue weighted by atomic mass is 10.1. The summed E-state index contributed by atoms with van der Waals surface area (Å²) in [5.74, 6) is 0.520. The third-order valence-electron chi connectivity index (χ3n) is 3.85. The molecule has 1 aliphatic rings. The summed E-state index contributed by atoms with van der Waals surface area (Å²) in [6.45, 7) is 3.60. The Labute approximate surface area is 153 Å². The SMILES string of the molecule is C=CCN1C(=O)N/C(=C/c2ccc(-c3cc([N+](=O)[O-])ccc3OC)o2)C1=O. The molecule has 3 rings (SSSR count). The van der Waals surface area contributed by atoms with Gasteiger partial charge in [-0.2, -0.15) is 0 Å². The third kappa shape index (κ3) is 3.43. The number of nitrogens with zero attached hydrogens (tertiary/aromatic N) is 2. The Morgan fingerprint density at radius 2 is 2.11 bits per heavy atom. The summed E-state index contributed by atoms with van der Waals surface area (Å²) in [5.41, 5.74) is 0.348. The number of imide groups is 1. The minimum absolute atomic E-state index is 0.0637. The second kappa shape index (κ2) is 7.16. The van der Waals surface area contributed by atoms with Gasteiger partial charge in [0.15, 0.2) is 0 Å². The van der Waals surface area contributed by atoms with Crippen LogP contribution in [-0.4, -0.2) is 35.4 Å². The molecule has 0 radical (unpaired) electrons. The van der Waals surface area contributed by atoms with Gasteiger partial charge in [0.25, 0.3) is 11.6 Å². The van der Waals surface area contributed by atoms with E-state index in [2.05, 4.69) is 11.9 Å². The van der Waals surface area contributed by atoms with E-state index in [1.54, 1.807) is 12.1 Å². The number of hydrogen-bond donors (Lipinski definition) is 1. The highest BCUT2D eigenvalue weighted by Gasteiger charge is 2.32. The Balaban J connectivity index is 1.93. The Morgan fingerprint density at radius 1 is 1.33 bits per heavy atom. The van der Waals surface area contributed by atoms with E-state index >= 15 is 0 Å². The van der Waals surface area contributed by atoms with E-state index in [1.807, 2.05) is 0 Å². The summed E-state index contributed by atoms with van der Waals surface area (Å²) in [4.78, 5) is 35.5. The maximum absolute atomic E-state index is 12.2. The largest absolute Gasteiger partial charge is 0.496 e. The number of amides is 3. The van der Waals surface area contributed by atoms with Crippen LogP contribution in [0.1, 0.15) is 5.76 Å². The predicted octanol–water partition coefficient (Wildman–Crippen LogP) is 2.94. The van der Waals surface area contributed by atoms with Gasteiger partial charge in [-0.3, -0.25) is 19.8 Å². The number of nitrogens with one attached hydrogen (secondary N) is 1. The molecular formula is C18H15N3O6. The fourth-order valence-electron chi connectivity index (χ4n) is 2.59. The van der Waals surface area contributed by atoms with Crippen LogP contribution in [0, 0.1) is 10.1 Å². The van der Waals surface area contributed by atoms with E-state index < -0.39 is 16.9 Å². The quantitative estimate of drug-likeness (QED) is 0.275. The highest BCUT2D eigenvalue weighted by molar-refractivity contribution is 6.13. The molecule has 1 fully saturated rings. The van der Waals surface area contributed by atoms with Gasteiger partial charge in [0.05, 0.1) is 17.6 Å². The Kier molecular flexibility index (Phi) is 4.75. The molecule has 3 amide bonds. The number of urea groups is 1. The normalized spacial score (nSPS) is 15.1. The molecule has 1 aromatic carbocycles. The molecule has 0 atom stereocenters. The summed E-state index contributed by atoms with van der Waals surface area (Å²) in [5, 5.41) is 13.5. The van der Waals surface area contributed by atoms with Crippen LogP contribution in [0.5, 0.6) is 5.75 Å². The number of methoxy groups -OCH3 is 1. The van der Waals surface area contributed by atoms with E-state index in [0.717, 1.165) is 4.90 Å². The molecule has 27 heavy (non-hydrogen) atoms. The summed E-state index contributed by atoms with van der Waals surface area (Å²) < 4.78 is 10.9. The number of benzene rings is 1. The van der Waals surface area contributed by atoms with Crippen molar-refractivity contribution in [1.82, 2.24) is 10.2 Å². The molecule has 0 unspecified atom stereocenters. The van der Waals surface area contributed by atoms with Crippen LogP contribution in [0.2, 0.25) is 0 Å². The van der Waals surface area contributed by atoms with Crippen LogP contribution in [-0.2, 0) is 4.79 Å². The lowest BCUT2D eigenvalue weighted by Gasteiger charge is -2.06. The van der Waals surface area contributed by atoms with Crippen molar-refractivity contribution in [3.63, 3.8) is 0 Å². The fraction of sp³-hybridized carbons (Fsp3) is 0.111. The van der Waals surface area contributed by atoms with E-state index in [0.29, 0.717) is 22.8 Å². The average Bonchev–Trinajstić information content (AvgIpc) is 3.22. The van der Waals surface area contributed by atoms with Crippen molar-refractivity contribution in [2.45, 2.75) is 0 Å². The fourth-order valence-corrected chi connectivity index (χ4v) is 2.59. The van der Waals surface area contributed by atoms with Crippen LogP contribution in [0.4, 0.5) is 10.5 Å². The molecule has 1 saturated heterocycles. The van der Waals surface area contributed by atoms with Gasteiger partial charge in [0.1, 0.15) is 23.0 Å². The van der Waals surface area contributed by atoms with Crippen LogP contribution in [0.25, 0.3) is 17.4 Å². The van der Waals surface area contributed by atoms with Gasteiger partial charge in [0, 0.05) is 24.8 Å². The molecule has 1 N–H and O–H groups in total. The molecule has 0 spiro atoms. The molecule has 1 aliphatic heterocycles. The van der Waals surface area contributed by atoms with Crippen molar-refractivity contribution in [3.8, 4) is 17.1 Å². The highest BCUT2D eigenvalue weighted by atomic mass is 16.6. The number of nitro benzene ring substituents is 1. The minimum atomic E-state index is -0.543. The number of nitro groups is 1. The van der Waals surface area contributed by atoms with Crippen molar-refractivity contribution >= 4 is 23.7 Å². The lowest BCUT2D eigenvalue weighted by molar-refractivity contribution is -0.384. The number of carbonyl (C=O) groups is 2. The molecule has 0 aliphatic carbocycles. The number of furan rings is 1. The molecule has 1 aromatic heterocycles. The van der Waals surface area contributed by atoms with Crippen molar-refractivity contribution in [2.75, 3.05) is 13.7 Å². The van der Waals surface area contributed by atoms with Gasteiger partial charge in [-0.05, 0) is 18.2 Å². The summed E-state index contributed by atoms with van der Waals surface area (Å²) in [6, 6.07) is 6.77. The molecule has 0 bridgehead atoms. The molecule has 0 saturated carbocycles. The highest BCUT2D eigenvalue weighted by Crippen LogP contribution is 2.34. The van der Waals surface area contributed by atoms with Gasteiger partial charge >= 0.3 is 6.03 Å². The average molecular weight is 369 g/mol. The van der Waals surface area contributed by atoms with Gasteiger partial charge in [-0.25, -0.2) is 4.79 Å². The zero-order valence-corrected chi connectivity index (χ0v) is 14.3. The van der Waals surface area contributed by atoms with E-state index in [1.165, 1.54) is 37.5 Å². The molecule has 2 aromatic rings. The number of hydrogen-bond acceptors (Lipinski definition) is 6. The first-order chi connectivity index (χ1) is 12.9. The van der Waals surface area contributed by atoms with Crippen molar-refractivity contribution in [1.29, 1.82) is 0 Å². The molecule has 138 valence electrons. The Hall–Kier alpha value is -3.88. The Morgan fingerprint density at radius 3 is 2.78 bits per heavy atom. The maximum atomic E-state index is 12.2. The predicted molar refractivity (Wildman–Crippen MR) is 95.8 cm³/mol. The standard InChI is InChI=1S/C18H15N3O6/c1-3-8-20-17(22)14(19-18(20)23)10-12-5-7-16(27-12)13-9-11(21(24)25)4-6-15(13)26-2/h3-7,9-10H,1,8H2,2H3,(H,19,23)/b14-10+. The van der Waals surface area contributed by atoms with Gasteiger partial charge in [0.2, 0.25) is 0 Å². The zero-order chi connectivity index (χ0) is 19.6. The summed E-state index contributed by atoms with van der Waals surface area (Å²) in [7, 11) is 1.44. The lowest BCUT2D eigenvalue weighted by Crippen LogP contribution is -2.30. The van der Waals surface area contributed by atoms with Crippen LogP contribution in [0.15, 0.2) is 53.1 Å². The number of carbonyl (C=O) groups excluding carboxylic acids is 2. The van der Waals surface area contributed by atoms with Gasteiger partial charge in [-0.1, -0.05) is 6.08 Å². The smallest absolute Gasteiger partial charge is 0.329 e. The summed E-state index contributed by atoms with van der Waals surface area (Å²) in [6.07, 6.45) is 2.83. The topological polar surface area (TPSA) is 115 Å². The Bertz CT molecular complexity index is 975. The van der Waals surface area contributed by atoms with Crippen LogP contribution in [0.3, 0.4) is 0 Å². The number of ether oxygens (including phenoxy) is 1. The first-order valence-electron chi connectivity index (χ1n) is 7.82. The van der Waals surface area contributed by atoms with Crippen molar-refractivity contribution in [2.24, 2.45) is 0 Å².